The van der Waals surface area contributed by atoms with Crippen molar-refractivity contribution in [1.82, 2.24) is 9.97 Å². The van der Waals surface area contributed by atoms with Crippen molar-refractivity contribution in [2.24, 2.45) is 0 Å². The molecule has 0 N–H and O–H groups in total. The molecule has 1 atom stereocenters. The van der Waals surface area contributed by atoms with E-state index in [0.29, 0.717) is 17.8 Å². The highest BCUT2D eigenvalue weighted by Crippen LogP contribution is 2.40. The molecule has 0 bridgehead atoms. The van der Waals surface area contributed by atoms with Gasteiger partial charge in [0, 0.05) is 34.6 Å². The van der Waals surface area contributed by atoms with Gasteiger partial charge in [-0.15, -0.1) is 0 Å². The monoisotopic (exact) mass is 438 g/mol. The average molecular weight is 439 g/mol. The molecule has 4 heterocycles. The molecule has 2 amide bonds. The van der Waals surface area contributed by atoms with Crippen LogP contribution in [0.15, 0.2) is 36.7 Å². The molecule has 170 valence electrons. The zero-order chi connectivity index (χ0) is 23.8. The molecule has 1 unspecified atom stereocenters. The summed E-state index contributed by atoms with van der Waals surface area (Å²) in [5.41, 5.74) is 1.04. The summed E-state index contributed by atoms with van der Waals surface area (Å²) in [6.45, 7) is 11.8. The molecule has 2 aromatic heterocycles. The molecule has 0 fully saturated rings. The van der Waals surface area contributed by atoms with Crippen LogP contribution in [0.25, 0.3) is 0 Å². The largest absolute Gasteiger partial charge is 0.468 e. The number of esters is 1. The maximum absolute atomic E-state index is 12.4. The van der Waals surface area contributed by atoms with Crippen molar-refractivity contribution >= 4 is 29.4 Å². The summed E-state index contributed by atoms with van der Waals surface area (Å²) in [4.78, 5) is 47.7. The van der Waals surface area contributed by atoms with Crippen LogP contribution in [0, 0.1) is 0 Å². The molecule has 2 aliphatic rings. The Labute approximate surface area is 188 Å². The van der Waals surface area contributed by atoms with E-state index in [1.165, 1.54) is 7.11 Å². The molecule has 0 spiro atoms. The van der Waals surface area contributed by atoms with Crippen molar-refractivity contribution in [3.63, 3.8) is 0 Å². The lowest BCUT2D eigenvalue weighted by Gasteiger charge is -2.31. The molecule has 0 aromatic carbocycles. The van der Waals surface area contributed by atoms with E-state index in [0.717, 1.165) is 11.4 Å². The lowest BCUT2D eigenvalue weighted by molar-refractivity contribution is -0.145. The number of fused-ring (bicyclic) bond motifs is 2. The molecule has 0 aliphatic carbocycles. The summed E-state index contributed by atoms with van der Waals surface area (Å²) in [7, 11) is 1.28. The van der Waals surface area contributed by atoms with Gasteiger partial charge in [0.05, 0.1) is 13.5 Å². The van der Waals surface area contributed by atoms with Gasteiger partial charge < -0.3 is 4.74 Å². The van der Waals surface area contributed by atoms with Gasteiger partial charge in [-0.1, -0.05) is 12.1 Å². The van der Waals surface area contributed by atoms with Gasteiger partial charge in [0.2, 0.25) is 11.8 Å². The highest BCUT2D eigenvalue weighted by Gasteiger charge is 2.47. The summed E-state index contributed by atoms with van der Waals surface area (Å²) in [5.74, 6) is -0.191. The zero-order valence-electron chi connectivity index (χ0n) is 19.7. The van der Waals surface area contributed by atoms with Gasteiger partial charge in [0.15, 0.2) is 5.92 Å². The predicted octanol–water partition coefficient (Wildman–Crippen LogP) is 3.25. The van der Waals surface area contributed by atoms with Crippen molar-refractivity contribution < 1.29 is 19.1 Å². The molecule has 8 heteroatoms. The number of pyridine rings is 2. The number of ether oxygens (including phenoxy) is 1. The van der Waals surface area contributed by atoms with Crippen molar-refractivity contribution in [3.8, 4) is 0 Å². The highest BCUT2D eigenvalue weighted by molar-refractivity contribution is 6.16. The summed E-state index contributed by atoms with van der Waals surface area (Å²) in [6, 6.07) is 7.30. The zero-order valence-corrected chi connectivity index (χ0v) is 19.7. The first-order valence-electron chi connectivity index (χ1n) is 10.5. The van der Waals surface area contributed by atoms with Gasteiger partial charge in [0.25, 0.3) is 0 Å². The van der Waals surface area contributed by atoms with Gasteiger partial charge >= 0.3 is 5.97 Å². The minimum absolute atomic E-state index is 0.145. The van der Waals surface area contributed by atoms with Crippen LogP contribution < -0.4 is 9.80 Å². The first-order valence-corrected chi connectivity index (χ1v) is 10.5. The van der Waals surface area contributed by atoms with Crippen LogP contribution in [0.3, 0.4) is 0 Å². The first-order chi connectivity index (χ1) is 14.9. The number of hydrogen-bond donors (Lipinski definition) is 0. The second-order valence-corrected chi connectivity index (χ2v) is 9.78. The lowest BCUT2D eigenvalue weighted by Crippen LogP contribution is -2.45. The maximum atomic E-state index is 12.4. The Balaban J connectivity index is 0.000000186. The van der Waals surface area contributed by atoms with Crippen molar-refractivity contribution in [2.45, 2.75) is 65.0 Å². The number of nitrogens with zero attached hydrogens (tertiary/aromatic N) is 4. The number of rotatable bonds is 1. The molecule has 0 radical (unpaired) electrons. The van der Waals surface area contributed by atoms with Crippen LogP contribution in [-0.2, 0) is 25.5 Å². The SMILES string of the molecule is CC(C)(C)N1C(=O)Cc2cccnc21.COC(=O)C1C(=O)N(C(C)(C)C)c2ncccc21. The van der Waals surface area contributed by atoms with Crippen LogP contribution in [0.2, 0.25) is 0 Å². The van der Waals surface area contributed by atoms with E-state index >= 15 is 0 Å². The fourth-order valence-corrected chi connectivity index (χ4v) is 4.00. The highest BCUT2D eigenvalue weighted by atomic mass is 16.5. The van der Waals surface area contributed by atoms with Crippen molar-refractivity contribution in [1.29, 1.82) is 0 Å². The Bertz CT molecular complexity index is 1050. The molecule has 8 nitrogen and oxygen atoms in total. The lowest BCUT2D eigenvalue weighted by atomic mass is 10.0. The van der Waals surface area contributed by atoms with Gasteiger partial charge in [0.1, 0.15) is 11.6 Å². The summed E-state index contributed by atoms with van der Waals surface area (Å²) >= 11 is 0. The van der Waals surface area contributed by atoms with E-state index in [2.05, 4.69) is 9.97 Å². The van der Waals surface area contributed by atoms with Crippen molar-refractivity contribution in [3.05, 3.63) is 47.8 Å². The van der Waals surface area contributed by atoms with Crippen molar-refractivity contribution in [2.75, 3.05) is 16.9 Å². The Morgan fingerprint density at radius 3 is 2.06 bits per heavy atom. The number of amides is 2. The van der Waals surface area contributed by atoms with Gasteiger partial charge in [-0.2, -0.15) is 0 Å². The molecular formula is C24H30N4O4. The van der Waals surface area contributed by atoms with Crippen LogP contribution in [0.1, 0.15) is 58.6 Å². The Morgan fingerprint density at radius 1 is 0.938 bits per heavy atom. The number of methoxy groups -OCH3 is 1. The van der Waals surface area contributed by atoms with E-state index < -0.39 is 17.4 Å². The summed E-state index contributed by atoms with van der Waals surface area (Å²) in [6.07, 6.45) is 3.83. The molecule has 0 saturated carbocycles. The van der Waals surface area contributed by atoms with Crippen LogP contribution in [0.5, 0.6) is 0 Å². The summed E-state index contributed by atoms with van der Waals surface area (Å²) < 4.78 is 4.71. The van der Waals surface area contributed by atoms with E-state index in [-0.39, 0.29) is 17.4 Å². The normalized spacial score (nSPS) is 17.5. The minimum atomic E-state index is -0.891. The molecular weight excluding hydrogens is 408 g/mol. The number of aromatic nitrogens is 2. The molecule has 0 saturated heterocycles. The van der Waals surface area contributed by atoms with Crippen LogP contribution >= 0.6 is 0 Å². The Morgan fingerprint density at radius 2 is 1.50 bits per heavy atom. The Hall–Kier alpha value is -3.29. The van der Waals surface area contributed by atoms with Gasteiger partial charge in [-0.05, 0) is 53.7 Å². The number of carbonyl (C=O) groups is 3. The molecule has 32 heavy (non-hydrogen) atoms. The van der Waals surface area contributed by atoms with Gasteiger partial charge in [-0.3, -0.25) is 24.2 Å². The quantitative estimate of drug-likeness (QED) is 0.501. The van der Waals surface area contributed by atoms with E-state index in [9.17, 15) is 14.4 Å². The predicted molar refractivity (Wildman–Crippen MR) is 121 cm³/mol. The fourth-order valence-electron chi connectivity index (χ4n) is 4.00. The van der Waals surface area contributed by atoms with Gasteiger partial charge in [-0.25, -0.2) is 9.97 Å². The summed E-state index contributed by atoms with van der Waals surface area (Å²) in [5, 5.41) is 0. The fraction of sp³-hybridized carbons (Fsp3) is 0.458. The third kappa shape index (κ3) is 4.22. The molecule has 2 aromatic rings. The second-order valence-electron chi connectivity index (χ2n) is 9.78. The van der Waals surface area contributed by atoms with Crippen LogP contribution in [-0.4, -0.2) is 45.9 Å². The minimum Gasteiger partial charge on any atom is -0.468 e. The number of anilines is 2. The standard InChI is InChI=1S/C13H16N2O3.C11H14N2O/c1-13(2,3)15-10-8(6-5-7-14-10)9(11(15)16)12(17)18-4;1-11(2,3)13-9(14)7-8-5-4-6-12-10(8)13/h5-7,9H,1-4H3;4-6H,7H2,1-3H3. The molecule has 2 aliphatic heterocycles. The topological polar surface area (TPSA) is 92.7 Å². The Kier molecular flexibility index (Phi) is 6.09. The van der Waals surface area contributed by atoms with E-state index in [4.69, 9.17) is 4.74 Å². The average Bonchev–Trinajstić information content (AvgIpc) is 3.20. The number of carbonyl (C=O) groups excluding carboxylic acids is 3. The smallest absolute Gasteiger partial charge is 0.322 e. The van der Waals surface area contributed by atoms with E-state index in [1.807, 2.05) is 53.7 Å². The molecule has 4 rings (SSSR count). The number of hydrogen-bond acceptors (Lipinski definition) is 6. The van der Waals surface area contributed by atoms with E-state index in [1.54, 1.807) is 34.3 Å². The first kappa shape index (κ1) is 23.4. The van der Waals surface area contributed by atoms with Crippen LogP contribution in [0.4, 0.5) is 11.6 Å². The third-order valence-electron chi connectivity index (χ3n) is 5.26. The third-order valence-corrected chi connectivity index (χ3v) is 5.26. The second kappa shape index (κ2) is 8.33. The maximum Gasteiger partial charge on any atom is 0.322 e.